The third kappa shape index (κ3) is 6.28. The van der Waals surface area contributed by atoms with Crippen LogP contribution in [0.15, 0.2) is 12.4 Å². The Balaban J connectivity index is 0.000000284. The molecular formula is C17H32BN3O2. The number of nitrogens with zero attached hydrogens (tertiary/aromatic N) is 3. The molecule has 6 heteroatoms. The van der Waals surface area contributed by atoms with Crippen LogP contribution in [-0.4, -0.2) is 63.1 Å². The minimum atomic E-state index is -1.01. The third-order valence-corrected chi connectivity index (χ3v) is 4.72. The van der Waals surface area contributed by atoms with Crippen molar-refractivity contribution < 1.29 is 10.2 Å². The maximum Gasteiger partial charge on any atom is 0.118 e. The summed E-state index contributed by atoms with van der Waals surface area (Å²) in [6.07, 6.45) is 6.03. The van der Waals surface area contributed by atoms with Gasteiger partial charge in [0.25, 0.3) is 0 Å². The minimum absolute atomic E-state index is 0.539. The van der Waals surface area contributed by atoms with E-state index in [-0.39, 0.29) is 0 Å². The highest BCUT2D eigenvalue weighted by molar-refractivity contribution is 6.31. The van der Waals surface area contributed by atoms with E-state index in [1.54, 1.807) is 33.9 Å². The Morgan fingerprint density at radius 3 is 1.91 bits per heavy atom. The summed E-state index contributed by atoms with van der Waals surface area (Å²) in [6.45, 7) is 13.2. The van der Waals surface area contributed by atoms with Gasteiger partial charge >= 0.3 is 0 Å². The van der Waals surface area contributed by atoms with E-state index in [1.807, 2.05) is 10.9 Å². The first kappa shape index (κ1) is 20.2. The number of hydrogen-bond acceptors (Lipinski definition) is 4. The Hall–Kier alpha value is -0.845. The van der Waals surface area contributed by atoms with E-state index in [0.29, 0.717) is 12.1 Å². The van der Waals surface area contributed by atoms with Gasteiger partial charge in [-0.1, -0.05) is 5.46 Å². The molecule has 0 bridgehead atoms. The molecule has 1 saturated heterocycles. The predicted molar refractivity (Wildman–Crippen MR) is 95.2 cm³/mol. The van der Waals surface area contributed by atoms with Gasteiger partial charge in [-0.2, -0.15) is 5.10 Å². The number of aliphatic hydroxyl groups is 2. The molecule has 2 N–H and O–H groups in total. The van der Waals surface area contributed by atoms with Gasteiger partial charge in [0.05, 0.1) is 17.2 Å². The van der Waals surface area contributed by atoms with Gasteiger partial charge in [0.1, 0.15) is 7.85 Å². The summed E-state index contributed by atoms with van der Waals surface area (Å²) >= 11 is 0. The van der Waals surface area contributed by atoms with Gasteiger partial charge in [0.15, 0.2) is 0 Å². The zero-order chi connectivity index (χ0) is 17.8. The fourth-order valence-corrected chi connectivity index (χ4v) is 2.22. The molecule has 1 aliphatic heterocycles. The Morgan fingerprint density at radius 2 is 1.61 bits per heavy atom. The molecular weight excluding hydrogens is 289 g/mol. The van der Waals surface area contributed by atoms with Crippen LogP contribution >= 0.6 is 0 Å². The SMILES string of the molecule is CC(C)(O)C(C)(C)O.[B]c1cnn(C2CCN(C(C)C)CC2)c1. The van der Waals surface area contributed by atoms with E-state index < -0.39 is 11.2 Å². The standard InChI is InChI=1S/C11H18BN3.C6H14O2/c1-9(2)14-5-3-11(4-6-14)15-8-10(12)7-13-15;1-5(2,7)6(3,4)8/h7-9,11H,3-6H2,1-2H3;7-8H,1-4H3. The van der Waals surface area contributed by atoms with Crippen LogP contribution < -0.4 is 5.46 Å². The zero-order valence-electron chi connectivity index (χ0n) is 15.5. The number of piperidine rings is 1. The number of hydrogen-bond donors (Lipinski definition) is 2. The Kier molecular flexibility index (Phi) is 6.87. The molecule has 0 atom stereocenters. The average Bonchev–Trinajstić information content (AvgIpc) is 2.84. The minimum Gasteiger partial charge on any atom is -0.387 e. The van der Waals surface area contributed by atoms with Crippen molar-refractivity contribution in [2.75, 3.05) is 13.1 Å². The molecule has 1 aromatic rings. The van der Waals surface area contributed by atoms with Crippen molar-refractivity contribution in [3.63, 3.8) is 0 Å². The maximum atomic E-state index is 9.10. The molecule has 0 aromatic carbocycles. The van der Waals surface area contributed by atoms with Crippen LogP contribution in [0.3, 0.4) is 0 Å². The molecule has 2 rings (SSSR count). The lowest BCUT2D eigenvalue weighted by molar-refractivity contribution is -0.107. The van der Waals surface area contributed by atoms with Crippen LogP contribution in [-0.2, 0) is 0 Å². The number of likely N-dealkylation sites (tertiary alicyclic amines) is 1. The highest BCUT2D eigenvalue weighted by Crippen LogP contribution is 2.22. The first-order chi connectivity index (χ1) is 10.4. The molecule has 1 fully saturated rings. The van der Waals surface area contributed by atoms with Crippen molar-refractivity contribution in [3.8, 4) is 0 Å². The van der Waals surface area contributed by atoms with Crippen LogP contribution in [0, 0.1) is 0 Å². The Morgan fingerprint density at radius 1 is 1.13 bits per heavy atom. The van der Waals surface area contributed by atoms with Gasteiger partial charge in [0.2, 0.25) is 0 Å². The molecule has 0 spiro atoms. The van der Waals surface area contributed by atoms with Gasteiger partial charge in [-0.25, -0.2) is 0 Å². The molecule has 2 radical (unpaired) electrons. The maximum absolute atomic E-state index is 9.10. The third-order valence-electron chi connectivity index (χ3n) is 4.72. The second-order valence-electron chi connectivity index (χ2n) is 7.73. The lowest BCUT2D eigenvalue weighted by atomic mass is 9.90. The van der Waals surface area contributed by atoms with Gasteiger partial charge in [-0.05, 0) is 54.4 Å². The quantitative estimate of drug-likeness (QED) is 0.823. The molecule has 0 amide bonds. The molecule has 0 unspecified atom stereocenters. The zero-order valence-corrected chi connectivity index (χ0v) is 15.5. The molecule has 1 aromatic heterocycles. The van der Waals surface area contributed by atoms with E-state index >= 15 is 0 Å². The van der Waals surface area contributed by atoms with Crippen LogP contribution in [0.4, 0.5) is 0 Å². The number of aromatic nitrogens is 2. The lowest BCUT2D eigenvalue weighted by Gasteiger charge is -2.34. The summed E-state index contributed by atoms with van der Waals surface area (Å²) in [7, 11) is 5.67. The lowest BCUT2D eigenvalue weighted by Crippen LogP contribution is -2.44. The van der Waals surface area contributed by atoms with Crippen molar-refractivity contribution in [2.45, 2.75) is 77.7 Å². The highest BCUT2D eigenvalue weighted by Gasteiger charge is 2.31. The molecule has 5 nitrogen and oxygen atoms in total. The van der Waals surface area contributed by atoms with Crippen LogP contribution in [0.2, 0.25) is 0 Å². The van der Waals surface area contributed by atoms with Crippen molar-refractivity contribution in [1.29, 1.82) is 0 Å². The van der Waals surface area contributed by atoms with Crippen LogP contribution in [0.5, 0.6) is 0 Å². The molecule has 0 aliphatic carbocycles. The first-order valence-corrected chi connectivity index (χ1v) is 8.40. The number of rotatable bonds is 3. The van der Waals surface area contributed by atoms with E-state index in [2.05, 4.69) is 23.8 Å². The summed E-state index contributed by atoms with van der Waals surface area (Å²) in [5, 5.41) is 22.5. The van der Waals surface area contributed by atoms with E-state index in [4.69, 9.17) is 18.1 Å². The average molecular weight is 321 g/mol. The first-order valence-electron chi connectivity index (χ1n) is 8.40. The van der Waals surface area contributed by atoms with Crippen LogP contribution in [0.1, 0.15) is 60.4 Å². The molecule has 130 valence electrons. The van der Waals surface area contributed by atoms with Gasteiger partial charge in [0, 0.05) is 31.5 Å². The van der Waals surface area contributed by atoms with Crippen molar-refractivity contribution in [2.24, 2.45) is 0 Å². The topological polar surface area (TPSA) is 61.5 Å². The van der Waals surface area contributed by atoms with E-state index in [0.717, 1.165) is 5.46 Å². The summed E-state index contributed by atoms with van der Waals surface area (Å²) in [5.41, 5.74) is -1.25. The monoisotopic (exact) mass is 321 g/mol. The fourth-order valence-electron chi connectivity index (χ4n) is 2.22. The Labute approximate surface area is 142 Å². The molecule has 0 saturated carbocycles. The second-order valence-corrected chi connectivity index (χ2v) is 7.73. The van der Waals surface area contributed by atoms with Crippen molar-refractivity contribution in [3.05, 3.63) is 12.4 Å². The summed E-state index contributed by atoms with van der Waals surface area (Å²) < 4.78 is 2.02. The fraction of sp³-hybridized carbons (Fsp3) is 0.824. The predicted octanol–water partition coefficient (Wildman–Crippen LogP) is 1.25. The van der Waals surface area contributed by atoms with Crippen LogP contribution in [0.25, 0.3) is 0 Å². The van der Waals surface area contributed by atoms with Crippen molar-refractivity contribution in [1.82, 2.24) is 14.7 Å². The van der Waals surface area contributed by atoms with Gasteiger partial charge in [-0.3, -0.25) is 4.68 Å². The summed E-state index contributed by atoms with van der Waals surface area (Å²) in [5.74, 6) is 0. The largest absolute Gasteiger partial charge is 0.387 e. The molecule has 1 aliphatic rings. The van der Waals surface area contributed by atoms with Gasteiger partial charge in [-0.15, -0.1) is 0 Å². The summed E-state index contributed by atoms with van der Waals surface area (Å²) in [4.78, 5) is 2.52. The summed E-state index contributed by atoms with van der Waals surface area (Å²) in [6, 6.07) is 1.20. The second kappa shape index (κ2) is 7.82. The van der Waals surface area contributed by atoms with E-state index in [9.17, 15) is 0 Å². The smallest absolute Gasteiger partial charge is 0.118 e. The Bertz CT molecular complexity index is 455. The molecule has 23 heavy (non-hydrogen) atoms. The van der Waals surface area contributed by atoms with Gasteiger partial charge < -0.3 is 15.1 Å². The van der Waals surface area contributed by atoms with Crippen molar-refractivity contribution >= 4 is 13.3 Å². The highest BCUT2D eigenvalue weighted by atomic mass is 16.3. The normalized spacial score (nSPS) is 18.0. The van der Waals surface area contributed by atoms with E-state index in [1.165, 1.54) is 25.9 Å². The molecule has 2 heterocycles.